The molecule has 0 aliphatic carbocycles. The maximum absolute atomic E-state index is 10.5. The summed E-state index contributed by atoms with van der Waals surface area (Å²) in [5, 5.41) is 0. The molecule has 0 unspecified atom stereocenters. The van der Waals surface area contributed by atoms with Gasteiger partial charge in [0.1, 0.15) is 16.7 Å². The lowest BCUT2D eigenvalue weighted by molar-refractivity contribution is 0.112. The number of aldehydes is 1. The minimum absolute atomic E-state index is 0.335. The molecule has 0 radical (unpaired) electrons. The molecule has 2 aromatic heterocycles. The fourth-order valence-corrected chi connectivity index (χ4v) is 1.91. The van der Waals surface area contributed by atoms with E-state index < -0.39 is 0 Å². The number of fused-ring (bicyclic) bond motifs is 1. The van der Waals surface area contributed by atoms with E-state index in [1.54, 1.807) is 6.20 Å². The highest BCUT2D eigenvalue weighted by Crippen LogP contribution is 2.22. The molecule has 60 valence electrons. The van der Waals surface area contributed by atoms with Crippen molar-refractivity contribution in [3.63, 3.8) is 0 Å². The lowest BCUT2D eigenvalue weighted by Gasteiger charge is -1.91. The van der Waals surface area contributed by atoms with Gasteiger partial charge < -0.3 is 0 Å². The highest BCUT2D eigenvalue weighted by atomic mass is 79.9. The first-order valence-electron chi connectivity index (χ1n) is 3.05. The third-order valence-electron chi connectivity index (χ3n) is 1.39. The second-order valence-corrected chi connectivity index (χ2v) is 3.45. The summed E-state index contributed by atoms with van der Waals surface area (Å²) in [6.07, 6.45) is 2.23. The second-order valence-electron chi connectivity index (χ2n) is 2.07. The SMILES string of the molecule is O=Cc1ncc(Br)c2nsnc12. The fraction of sp³-hybridized carbons (Fsp3) is 0. The first-order valence-corrected chi connectivity index (χ1v) is 4.57. The van der Waals surface area contributed by atoms with Crippen LogP contribution in [0.2, 0.25) is 0 Å². The molecule has 0 fully saturated rings. The topological polar surface area (TPSA) is 55.7 Å². The quantitative estimate of drug-likeness (QED) is 0.716. The average molecular weight is 244 g/mol. The summed E-state index contributed by atoms with van der Waals surface area (Å²) in [6.45, 7) is 0. The molecule has 0 N–H and O–H groups in total. The van der Waals surface area contributed by atoms with E-state index in [0.717, 1.165) is 16.2 Å². The molecule has 0 spiro atoms. The van der Waals surface area contributed by atoms with Gasteiger partial charge in [0.15, 0.2) is 6.29 Å². The molecule has 12 heavy (non-hydrogen) atoms. The van der Waals surface area contributed by atoms with E-state index in [1.165, 1.54) is 0 Å². The van der Waals surface area contributed by atoms with Crippen LogP contribution in [0.25, 0.3) is 11.0 Å². The molecular weight excluding hydrogens is 242 g/mol. The summed E-state index contributed by atoms with van der Waals surface area (Å²) in [7, 11) is 0. The molecule has 0 saturated heterocycles. The molecule has 0 amide bonds. The van der Waals surface area contributed by atoms with Crippen molar-refractivity contribution in [3.05, 3.63) is 16.4 Å². The van der Waals surface area contributed by atoms with Crippen molar-refractivity contribution < 1.29 is 4.79 Å². The van der Waals surface area contributed by atoms with Crippen LogP contribution in [0.1, 0.15) is 10.5 Å². The Morgan fingerprint density at radius 3 is 2.92 bits per heavy atom. The predicted molar refractivity (Wildman–Crippen MR) is 48.3 cm³/mol. The smallest absolute Gasteiger partial charge is 0.170 e. The van der Waals surface area contributed by atoms with Crippen molar-refractivity contribution in [2.45, 2.75) is 0 Å². The number of halogens is 1. The summed E-state index contributed by atoms with van der Waals surface area (Å²) in [5.74, 6) is 0. The number of aromatic nitrogens is 3. The number of nitrogens with zero attached hydrogens (tertiary/aromatic N) is 3. The van der Waals surface area contributed by atoms with E-state index in [9.17, 15) is 4.79 Å². The third-order valence-corrected chi connectivity index (χ3v) is 2.49. The van der Waals surface area contributed by atoms with Gasteiger partial charge in [-0.05, 0) is 15.9 Å². The molecule has 0 aliphatic rings. The Hall–Kier alpha value is -0.880. The van der Waals surface area contributed by atoms with Gasteiger partial charge in [0.2, 0.25) is 0 Å². The number of hydrogen-bond donors (Lipinski definition) is 0. The average Bonchev–Trinajstić information content (AvgIpc) is 2.54. The molecule has 0 aromatic carbocycles. The van der Waals surface area contributed by atoms with E-state index >= 15 is 0 Å². The first kappa shape index (κ1) is 7.75. The van der Waals surface area contributed by atoms with Crippen molar-refractivity contribution in [2.24, 2.45) is 0 Å². The van der Waals surface area contributed by atoms with Crippen LogP contribution in [0.4, 0.5) is 0 Å². The molecule has 0 bridgehead atoms. The Bertz CT molecular complexity index is 441. The Labute approximate surface area is 80.1 Å². The number of pyridine rings is 1. The largest absolute Gasteiger partial charge is 0.296 e. The molecule has 6 heteroatoms. The third kappa shape index (κ3) is 1.03. The van der Waals surface area contributed by atoms with Gasteiger partial charge in [-0.3, -0.25) is 4.79 Å². The predicted octanol–water partition coefficient (Wildman–Crippen LogP) is 1.66. The van der Waals surface area contributed by atoms with Crippen molar-refractivity contribution in [1.82, 2.24) is 13.7 Å². The van der Waals surface area contributed by atoms with Gasteiger partial charge in [-0.15, -0.1) is 0 Å². The standard InChI is InChI=1S/C6H2BrN3OS/c7-3-1-8-4(2-11)6-5(3)9-12-10-6/h1-2H. The van der Waals surface area contributed by atoms with Crippen LogP contribution in [0.3, 0.4) is 0 Å². The zero-order valence-corrected chi connectivity index (χ0v) is 8.09. The van der Waals surface area contributed by atoms with Crippen LogP contribution in [-0.2, 0) is 0 Å². The van der Waals surface area contributed by atoms with Crippen molar-refractivity contribution in [2.75, 3.05) is 0 Å². The maximum Gasteiger partial charge on any atom is 0.170 e. The maximum atomic E-state index is 10.5. The highest BCUT2D eigenvalue weighted by Gasteiger charge is 2.08. The van der Waals surface area contributed by atoms with Crippen LogP contribution < -0.4 is 0 Å². The van der Waals surface area contributed by atoms with Gasteiger partial charge >= 0.3 is 0 Å². The van der Waals surface area contributed by atoms with Crippen molar-refractivity contribution in [3.8, 4) is 0 Å². The Morgan fingerprint density at radius 2 is 2.17 bits per heavy atom. The highest BCUT2D eigenvalue weighted by molar-refractivity contribution is 9.10. The van der Waals surface area contributed by atoms with Crippen LogP contribution in [0.5, 0.6) is 0 Å². The molecule has 0 saturated carbocycles. The van der Waals surface area contributed by atoms with E-state index in [1.807, 2.05) is 0 Å². The number of carbonyl (C=O) groups excluding carboxylic acids is 1. The number of rotatable bonds is 1. The molecule has 0 atom stereocenters. The summed E-state index contributed by atoms with van der Waals surface area (Å²) in [4.78, 5) is 14.4. The minimum atomic E-state index is 0.335. The Balaban J connectivity index is 2.91. The van der Waals surface area contributed by atoms with Crippen molar-refractivity contribution >= 4 is 45.0 Å². The molecule has 2 rings (SSSR count). The van der Waals surface area contributed by atoms with Crippen LogP contribution in [-0.4, -0.2) is 20.0 Å². The second kappa shape index (κ2) is 2.87. The van der Waals surface area contributed by atoms with Gasteiger partial charge in [-0.25, -0.2) is 4.98 Å². The number of carbonyl (C=O) groups is 1. The first-order chi connectivity index (χ1) is 5.83. The Morgan fingerprint density at radius 1 is 1.42 bits per heavy atom. The Kier molecular flexibility index (Phi) is 1.86. The van der Waals surface area contributed by atoms with Gasteiger partial charge in [0.25, 0.3) is 0 Å². The normalized spacial score (nSPS) is 10.4. The van der Waals surface area contributed by atoms with Crippen LogP contribution >= 0.6 is 27.7 Å². The molecular formula is C6H2BrN3OS. The van der Waals surface area contributed by atoms with Gasteiger partial charge in [-0.2, -0.15) is 8.75 Å². The lowest BCUT2D eigenvalue weighted by atomic mass is 10.3. The molecule has 4 nitrogen and oxygen atoms in total. The number of hydrogen-bond acceptors (Lipinski definition) is 5. The van der Waals surface area contributed by atoms with E-state index in [0.29, 0.717) is 23.0 Å². The zero-order chi connectivity index (χ0) is 8.55. The monoisotopic (exact) mass is 243 g/mol. The van der Waals surface area contributed by atoms with Gasteiger partial charge in [-0.1, -0.05) is 0 Å². The zero-order valence-electron chi connectivity index (χ0n) is 5.69. The summed E-state index contributed by atoms with van der Waals surface area (Å²) >= 11 is 4.33. The minimum Gasteiger partial charge on any atom is -0.296 e. The van der Waals surface area contributed by atoms with Gasteiger partial charge in [0.05, 0.1) is 16.2 Å². The van der Waals surface area contributed by atoms with Gasteiger partial charge in [0, 0.05) is 6.20 Å². The van der Waals surface area contributed by atoms with E-state index in [4.69, 9.17) is 0 Å². The van der Waals surface area contributed by atoms with E-state index in [-0.39, 0.29) is 0 Å². The molecule has 2 heterocycles. The van der Waals surface area contributed by atoms with Crippen LogP contribution in [0.15, 0.2) is 10.7 Å². The van der Waals surface area contributed by atoms with E-state index in [2.05, 4.69) is 29.7 Å². The van der Waals surface area contributed by atoms with Crippen LogP contribution in [0, 0.1) is 0 Å². The summed E-state index contributed by atoms with van der Waals surface area (Å²) in [5.41, 5.74) is 1.59. The fourth-order valence-electron chi connectivity index (χ4n) is 0.848. The lowest BCUT2D eigenvalue weighted by Crippen LogP contribution is -1.88. The van der Waals surface area contributed by atoms with Crippen molar-refractivity contribution in [1.29, 1.82) is 0 Å². The summed E-state index contributed by atoms with van der Waals surface area (Å²) < 4.78 is 8.73. The molecule has 0 aliphatic heterocycles. The molecule has 2 aromatic rings. The summed E-state index contributed by atoms with van der Waals surface area (Å²) in [6, 6.07) is 0.